The van der Waals surface area contributed by atoms with Crippen LogP contribution in [0, 0.1) is 6.92 Å². The zero-order valence-electron chi connectivity index (χ0n) is 10.8. The van der Waals surface area contributed by atoms with E-state index in [9.17, 15) is 0 Å². The van der Waals surface area contributed by atoms with E-state index in [0.29, 0.717) is 6.04 Å². The maximum atomic E-state index is 8.88. The SMILES string of the molecule is Cc1cc(CN(CCCO)C(C)C)n(C)n1. The number of aryl methyl sites for hydroxylation is 2. The highest BCUT2D eigenvalue weighted by atomic mass is 16.3. The lowest BCUT2D eigenvalue weighted by molar-refractivity contribution is 0.181. The Hall–Kier alpha value is -0.870. The summed E-state index contributed by atoms with van der Waals surface area (Å²) in [6.07, 6.45) is 0.828. The molecule has 0 radical (unpaired) electrons. The van der Waals surface area contributed by atoms with Crippen LogP contribution in [-0.4, -0.2) is 39.0 Å². The Morgan fingerprint density at radius 1 is 1.50 bits per heavy atom. The van der Waals surface area contributed by atoms with Crippen LogP contribution in [0.5, 0.6) is 0 Å². The Bertz CT molecular complexity index is 320. The summed E-state index contributed by atoms with van der Waals surface area (Å²) < 4.78 is 1.93. The van der Waals surface area contributed by atoms with Crippen molar-refractivity contribution < 1.29 is 5.11 Å². The minimum absolute atomic E-state index is 0.258. The third-order valence-corrected chi connectivity index (χ3v) is 2.80. The van der Waals surface area contributed by atoms with Crippen LogP contribution in [0.1, 0.15) is 31.7 Å². The van der Waals surface area contributed by atoms with E-state index in [1.54, 1.807) is 0 Å². The van der Waals surface area contributed by atoms with Gasteiger partial charge in [0.25, 0.3) is 0 Å². The van der Waals surface area contributed by atoms with Gasteiger partial charge in [0, 0.05) is 32.8 Å². The smallest absolute Gasteiger partial charge is 0.0597 e. The van der Waals surface area contributed by atoms with Crippen molar-refractivity contribution >= 4 is 0 Å². The second kappa shape index (κ2) is 6.01. The molecule has 92 valence electrons. The van der Waals surface area contributed by atoms with Crippen molar-refractivity contribution in [1.82, 2.24) is 14.7 Å². The first-order valence-electron chi connectivity index (χ1n) is 5.89. The van der Waals surface area contributed by atoms with Gasteiger partial charge in [0.1, 0.15) is 0 Å². The highest BCUT2D eigenvalue weighted by molar-refractivity contribution is 5.08. The molecular formula is C12H23N3O. The second-order valence-corrected chi connectivity index (χ2v) is 4.54. The van der Waals surface area contributed by atoms with Gasteiger partial charge in [-0.05, 0) is 33.3 Å². The molecule has 0 aliphatic heterocycles. The van der Waals surface area contributed by atoms with Gasteiger partial charge >= 0.3 is 0 Å². The van der Waals surface area contributed by atoms with E-state index in [0.717, 1.165) is 25.2 Å². The predicted molar refractivity (Wildman–Crippen MR) is 65.2 cm³/mol. The lowest BCUT2D eigenvalue weighted by atomic mass is 10.2. The minimum Gasteiger partial charge on any atom is -0.396 e. The summed E-state index contributed by atoms with van der Waals surface area (Å²) in [6, 6.07) is 2.61. The van der Waals surface area contributed by atoms with Crippen LogP contribution in [-0.2, 0) is 13.6 Å². The van der Waals surface area contributed by atoms with E-state index in [4.69, 9.17) is 5.11 Å². The van der Waals surface area contributed by atoms with Crippen molar-refractivity contribution in [2.45, 2.75) is 39.8 Å². The molecule has 0 atom stereocenters. The normalized spacial score (nSPS) is 11.7. The van der Waals surface area contributed by atoms with Gasteiger partial charge in [-0.15, -0.1) is 0 Å². The molecule has 1 aromatic rings. The van der Waals surface area contributed by atoms with Gasteiger partial charge in [-0.25, -0.2) is 0 Å². The molecule has 1 N–H and O–H groups in total. The van der Waals surface area contributed by atoms with E-state index in [2.05, 4.69) is 29.9 Å². The minimum atomic E-state index is 0.258. The van der Waals surface area contributed by atoms with Crippen LogP contribution in [0.3, 0.4) is 0 Å². The van der Waals surface area contributed by atoms with Gasteiger partial charge in [-0.1, -0.05) is 0 Å². The Balaban J connectivity index is 2.64. The average Bonchev–Trinajstić information content (AvgIpc) is 2.51. The fourth-order valence-electron chi connectivity index (χ4n) is 1.81. The quantitative estimate of drug-likeness (QED) is 0.794. The molecule has 0 spiro atoms. The molecule has 0 saturated heterocycles. The van der Waals surface area contributed by atoms with E-state index >= 15 is 0 Å². The van der Waals surface area contributed by atoms with Crippen molar-refractivity contribution in [3.8, 4) is 0 Å². The number of nitrogens with zero attached hydrogens (tertiary/aromatic N) is 3. The monoisotopic (exact) mass is 225 g/mol. The summed E-state index contributed by atoms with van der Waals surface area (Å²) in [4.78, 5) is 2.35. The summed E-state index contributed by atoms with van der Waals surface area (Å²) in [5.74, 6) is 0. The summed E-state index contributed by atoms with van der Waals surface area (Å²) >= 11 is 0. The molecule has 1 aromatic heterocycles. The van der Waals surface area contributed by atoms with Crippen molar-refractivity contribution in [1.29, 1.82) is 0 Å². The Morgan fingerprint density at radius 3 is 2.62 bits per heavy atom. The number of rotatable bonds is 6. The highest BCUT2D eigenvalue weighted by Crippen LogP contribution is 2.09. The Morgan fingerprint density at radius 2 is 2.19 bits per heavy atom. The molecule has 0 amide bonds. The number of aliphatic hydroxyl groups excluding tert-OH is 1. The molecular weight excluding hydrogens is 202 g/mol. The van der Waals surface area contributed by atoms with Gasteiger partial charge in [0.2, 0.25) is 0 Å². The first-order chi connectivity index (χ1) is 7.54. The first kappa shape index (κ1) is 13.2. The third-order valence-electron chi connectivity index (χ3n) is 2.80. The summed E-state index contributed by atoms with van der Waals surface area (Å²) in [7, 11) is 1.98. The van der Waals surface area contributed by atoms with E-state index in [1.807, 2.05) is 18.7 Å². The van der Waals surface area contributed by atoms with E-state index in [-0.39, 0.29) is 6.61 Å². The fraction of sp³-hybridized carbons (Fsp3) is 0.750. The summed E-state index contributed by atoms with van der Waals surface area (Å²) in [6.45, 7) is 8.46. The van der Waals surface area contributed by atoms with Crippen LogP contribution in [0.15, 0.2) is 6.07 Å². The zero-order valence-corrected chi connectivity index (χ0v) is 10.8. The molecule has 0 fully saturated rings. The zero-order chi connectivity index (χ0) is 12.1. The first-order valence-corrected chi connectivity index (χ1v) is 5.89. The number of hydrogen-bond donors (Lipinski definition) is 1. The lowest BCUT2D eigenvalue weighted by Gasteiger charge is -2.26. The van der Waals surface area contributed by atoms with Crippen molar-refractivity contribution in [2.75, 3.05) is 13.2 Å². The summed E-state index contributed by atoms with van der Waals surface area (Å²) in [5, 5.41) is 13.2. The van der Waals surface area contributed by atoms with Crippen molar-refractivity contribution in [3.63, 3.8) is 0 Å². The second-order valence-electron chi connectivity index (χ2n) is 4.54. The molecule has 0 aliphatic carbocycles. The Kier molecular flexibility index (Phi) is 4.96. The number of aliphatic hydroxyl groups is 1. The number of hydrogen-bond acceptors (Lipinski definition) is 3. The van der Waals surface area contributed by atoms with E-state index in [1.165, 1.54) is 5.69 Å². The molecule has 16 heavy (non-hydrogen) atoms. The molecule has 0 aromatic carbocycles. The van der Waals surface area contributed by atoms with Crippen molar-refractivity contribution in [3.05, 3.63) is 17.5 Å². The molecule has 1 heterocycles. The summed E-state index contributed by atoms with van der Waals surface area (Å²) in [5.41, 5.74) is 2.28. The lowest BCUT2D eigenvalue weighted by Crippen LogP contribution is -2.32. The van der Waals surface area contributed by atoms with Gasteiger partial charge in [0.05, 0.1) is 11.4 Å². The highest BCUT2D eigenvalue weighted by Gasteiger charge is 2.12. The van der Waals surface area contributed by atoms with Crippen LogP contribution < -0.4 is 0 Å². The average molecular weight is 225 g/mol. The standard InChI is InChI=1S/C12H23N3O/c1-10(2)15(6-5-7-16)9-12-8-11(3)13-14(12)4/h8,10,16H,5-7,9H2,1-4H3. The molecule has 0 aliphatic rings. The topological polar surface area (TPSA) is 41.3 Å². The molecule has 0 saturated carbocycles. The fourth-order valence-corrected chi connectivity index (χ4v) is 1.81. The van der Waals surface area contributed by atoms with Crippen LogP contribution in [0.25, 0.3) is 0 Å². The molecule has 0 bridgehead atoms. The van der Waals surface area contributed by atoms with Gasteiger partial charge in [0.15, 0.2) is 0 Å². The van der Waals surface area contributed by atoms with Crippen LogP contribution >= 0.6 is 0 Å². The molecule has 0 unspecified atom stereocenters. The van der Waals surface area contributed by atoms with Crippen LogP contribution in [0.4, 0.5) is 0 Å². The van der Waals surface area contributed by atoms with Crippen LogP contribution in [0.2, 0.25) is 0 Å². The maximum absolute atomic E-state index is 8.88. The van der Waals surface area contributed by atoms with Crippen molar-refractivity contribution in [2.24, 2.45) is 7.05 Å². The van der Waals surface area contributed by atoms with Gasteiger partial charge in [-0.2, -0.15) is 5.10 Å². The predicted octanol–water partition coefficient (Wildman–Crippen LogP) is 1.32. The van der Waals surface area contributed by atoms with Gasteiger partial charge < -0.3 is 5.11 Å². The maximum Gasteiger partial charge on any atom is 0.0597 e. The molecule has 1 rings (SSSR count). The Labute approximate surface area is 97.9 Å². The number of aromatic nitrogens is 2. The molecule has 4 nitrogen and oxygen atoms in total. The van der Waals surface area contributed by atoms with Gasteiger partial charge in [-0.3, -0.25) is 9.58 Å². The van der Waals surface area contributed by atoms with E-state index < -0.39 is 0 Å². The molecule has 4 heteroatoms. The largest absolute Gasteiger partial charge is 0.396 e. The third kappa shape index (κ3) is 3.61.